The van der Waals surface area contributed by atoms with E-state index in [-0.39, 0.29) is 41.8 Å². The van der Waals surface area contributed by atoms with Crippen LogP contribution in [-0.2, 0) is 4.74 Å². The Kier molecular flexibility index (Phi) is 5.67. The van der Waals surface area contributed by atoms with Crippen molar-refractivity contribution in [2.24, 2.45) is 0 Å². The van der Waals surface area contributed by atoms with E-state index in [1.54, 1.807) is 18.2 Å². The van der Waals surface area contributed by atoms with Gasteiger partial charge in [-0.15, -0.1) is 10.2 Å². The molecule has 2 saturated heterocycles. The van der Waals surface area contributed by atoms with E-state index in [1.807, 2.05) is 0 Å². The highest BCUT2D eigenvalue weighted by Crippen LogP contribution is 2.46. The number of aromatic nitrogens is 6. The van der Waals surface area contributed by atoms with Gasteiger partial charge in [0.2, 0.25) is 11.8 Å². The summed E-state index contributed by atoms with van der Waals surface area (Å²) in [4.78, 5) is 6.52. The maximum atomic E-state index is 15.4. The van der Waals surface area contributed by atoms with Crippen molar-refractivity contribution in [1.82, 2.24) is 34.5 Å². The highest BCUT2D eigenvalue weighted by atomic mass is 19.3. The number of piperidine rings is 1. The van der Waals surface area contributed by atoms with E-state index >= 15 is 8.78 Å². The Balaban J connectivity index is 1.20. The van der Waals surface area contributed by atoms with E-state index in [9.17, 15) is 8.78 Å². The summed E-state index contributed by atoms with van der Waals surface area (Å²) < 4.78 is 70.9. The highest BCUT2D eigenvalue weighted by molar-refractivity contribution is 5.89. The van der Waals surface area contributed by atoms with Crippen molar-refractivity contribution < 1.29 is 27.0 Å². The van der Waals surface area contributed by atoms with Crippen molar-refractivity contribution in [3.63, 3.8) is 0 Å². The zero-order valence-corrected chi connectivity index (χ0v) is 21.0. The standard InChI is InChI=1S/C25H26F4N8O2/c1-38-23-22-21(13-2-3-19-20(6-13)37(34-32-19)14-7-25(28,29)8-14)17(27)10-36(22)33-24(31-23)30-18-4-5-35(9-16(18)26)15-11-39-12-15/h2-3,6,10,14-16,18H,4-5,7-9,11-12H2,1H3,(H,30,33)/t16-,18-/m0/s1. The summed E-state index contributed by atoms with van der Waals surface area (Å²) >= 11 is 0. The van der Waals surface area contributed by atoms with Gasteiger partial charge in [-0.3, -0.25) is 4.90 Å². The quantitative estimate of drug-likeness (QED) is 0.368. The molecule has 0 radical (unpaired) electrons. The molecule has 14 heteroatoms. The van der Waals surface area contributed by atoms with Gasteiger partial charge in [-0.2, -0.15) is 4.98 Å². The molecule has 1 aromatic carbocycles. The predicted octanol–water partition coefficient (Wildman–Crippen LogP) is 3.48. The third-order valence-electron chi connectivity index (χ3n) is 7.94. The van der Waals surface area contributed by atoms with Gasteiger partial charge in [0, 0.05) is 25.9 Å². The largest absolute Gasteiger partial charge is 0.479 e. The predicted molar refractivity (Wildman–Crippen MR) is 132 cm³/mol. The second-order valence-corrected chi connectivity index (χ2v) is 10.5. The van der Waals surface area contributed by atoms with Crippen molar-refractivity contribution >= 4 is 22.5 Å². The highest BCUT2D eigenvalue weighted by Gasteiger charge is 2.47. The summed E-state index contributed by atoms with van der Waals surface area (Å²) in [7, 11) is 1.41. The second kappa shape index (κ2) is 9.01. The number of methoxy groups -OCH3 is 1. The first-order valence-electron chi connectivity index (χ1n) is 12.9. The molecule has 39 heavy (non-hydrogen) atoms. The van der Waals surface area contributed by atoms with Crippen LogP contribution in [-0.4, -0.2) is 92.1 Å². The number of alkyl halides is 3. The van der Waals surface area contributed by atoms with Crippen molar-refractivity contribution in [2.75, 3.05) is 38.7 Å². The van der Waals surface area contributed by atoms with Crippen LogP contribution in [0.2, 0.25) is 0 Å². The Morgan fingerprint density at radius 2 is 2.00 bits per heavy atom. The number of fused-ring (bicyclic) bond motifs is 2. The number of hydrogen-bond acceptors (Lipinski definition) is 8. The van der Waals surface area contributed by atoms with E-state index in [0.717, 1.165) is 6.54 Å². The summed E-state index contributed by atoms with van der Waals surface area (Å²) in [6, 6.07) is 4.30. The van der Waals surface area contributed by atoms with Crippen LogP contribution in [0.3, 0.4) is 0 Å². The summed E-state index contributed by atoms with van der Waals surface area (Å²) in [5, 5.41) is 15.6. The number of benzene rings is 1. The van der Waals surface area contributed by atoms with Crippen LogP contribution in [0.4, 0.5) is 23.5 Å². The van der Waals surface area contributed by atoms with Crippen LogP contribution in [0.5, 0.6) is 5.88 Å². The molecule has 2 aliphatic heterocycles. The molecule has 0 bridgehead atoms. The fourth-order valence-corrected chi connectivity index (χ4v) is 5.69. The molecule has 1 saturated carbocycles. The first-order chi connectivity index (χ1) is 18.8. The number of halogens is 4. The van der Waals surface area contributed by atoms with Gasteiger partial charge in [-0.25, -0.2) is 26.8 Å². The van der Waals surface area contributed by atoms with Gasteiger partial charge in [-0.1, -0.05) is 11.3 Å². The van der Waals surface area contributed by atoms with Crippen LogP contribution in [0.15, 0.2) is 24.4 Å². The Labute approximate surface area is 219 Å². The topological polar surface area (TPSA) is 94.6 Å². The Morgan fingerprint density at radius 1 is 1.18 bits per heavy atom. The summed E-state index contributed by atoms with van der Waals surface area (Å²) in [6.07, 6.45) is -0.00318. The molecule has 1 aliphatic carbocycles. The first-order valence-corrected chi connectivity index (χ1v) is 12.9. The summed E-state index contributed by atoms with van der Waals surface area (Å²) in [5.41, 5.74) is 1.98. The third kappa shape index (κ3) is 4.16. The number of hydrogen-bond donors (Lipinski definition) is 1. The van der Waals surface area contributed by atoms with Crippen LogP contribution in [0, 0.1) is 5.82 Å². The number of likely N-dealkylation sites (tertiary alicyclic amines) is 1. The minimum atomic E-state index is -2.72. The zero-order chi connectivity index (χ0) is 26.9. The van der Waals surface area contributed by atoms with Gasteiger partial charge < -0.3 is 14.8 Å². The molecule has 5 heterocycles. The van der Waals surface area contributed by atoms with Crippen molar-refractivity contribution in [3.05, 3.63) is 30.2 Å². The SMILES string of the molecule is COc1nc(N[C@H]2CCN(C3COC3)C[C@@H]2F)nn2cc(F)c(-c3ccc4nnn(C5CC(F)(F)C5)c4c3)c12. The smallest absolute Gasteiger partial charge is 0.252 e. The molecule has 0 amide bonds. The van der Waals surface area contributed by atoms with Gasteiger partial charge >= 0.3 is 0 Å². The number of rotatable bonds is 6. The molecule has 10 nitrogen and oxygen atoms in total. The summed E-state index contributed by atoms with van der Waals surface area (Å²) in [5.74, 6) is -3.06. The molecule has 4 aromatic rings. The minimum absolute atomic E-state index is 0.108. The lowest BCUT2D eigenvalue weighted by atomic mass is 9.88. The third-order valence-corrected chi connectivity index (χ3v) is 7.94. The van der Waals surface area contributed by atoms with Crippen molar-refractivity contribution in [2.45, 2.75) is 49.5 Å². The van der Waals surface area contributed by atoms with E-state index in [0.29, 0.717) is 42.8 Å². The van der Waals surface area contributed by atoms with Crippen LogP contribution < -0.4 is 10.1 Å². The lowest BCUT2D eigenvalue weighted by molar-refractivity contribution is -0.106. The van der Waals surface area contributed by atoms with Gasteiger partial charge in [0.1, 0.15) is 17.2 Å². The van der Waals surface area contributed by atoms with Gasteiger partial charge in [0.25, 0.3) is 5.92 Å². The normalized spacial score (nSPS) is 24.1. The molecule has 0 unspecified atom stereocenters. The molecule has 206 valence electrons. The van der Waals surface area contributed by atoms with Crippen LogP contribution in [0.25, 0.3) is 27.7 Å². The van der Waals surface area contributed by atoms with Gasteiger partial charge in [-0.05, 0) is 24.1 Å². The molecule has 3 aromatic heterocycles. The van der Waals surface area contributed by atoms with E-state index < -0.39 is 30.0 Å². The second-order valence-electron chi connectivity index (χ2n) is 10.5. The Hall–Kier alpha value is -3.52. The van der Waals surface area contributed by atoms with Gasteiger partial charge in [0.15, 0.2) is 5.82 Å². The first kappa shape index (κ1) is 24.5. The van der Waals surface area contributed by atoms with Crippen LogP contribution in [0.1, 0.15) is 25.3 Å². The summed E-state index contributed by atoms with van der Waals surface area (Å²) in [6.45, 7) is 2.28. The van der Waals surface area contributed by atoms with Crippen molar-refractivity contribution in [1.29, 1.82) is 0 Å². The molecule has 2 atom stereocenters. The molecular weight excluding hydrogens is 520 g/mol. The molecule has 3 fully saturated rings. The fraction of sp³-hybridized carbons (Fsp3) is 0.520. The number of ether oxygens (including phenoxy) is 2. The van der Waals surface area contributed by atoms with Gasteiger partial charge in [0.05, 0.1) is 55.7 Å². The zero-order valence-electron chi connectivity index (χ0n) is 21.0. The lowest BCUT2D eigenvalue weighted by Crippen LogP contribution is -2.57. The number of anilines is 1. The minimum Gasteiger partial charge on any atom is -0.479 e. The fourth-order valence-electron chi connectivity index (χ4n) is 5.69. The maximum absolute atomic E-state index is 15.4. The molecule has 7 rings (SSSR count). The monoisotopic (exact) mass is 546 g/mol. The molecule has 3 aliphatic rings. The van der Waals surface area contributed by atoms with Crippen molar-refractivity contribution in [3.8, 4) is 17.0 Å². The number of nitrogens with one attached hydrogen (secondary N) is 1. The molecular formula is C25H26F4N8O2. The van der Waals surface area contributed by atoms with E-state index in [4.69, 9.17) is 9.47 Å². The maximum Gasteiger partial charge on any atom is 0.252 e. The van der Waals surface area contributed by atoms with Crippen LogP contribution >= 0.6 is 0 Å². The van der Waals surface area contributed by atoms with E-state index in [1.165, 1.54) is 22.5 Å². The average molecular weight is 547 g/mol. The molecule has 0 spiro atoms. The number of nitrogens with zero attached hydrogens (tertiary/aromatic N) is 7. The lowest BCUT2D eigenvalue weighted by Gasteiger charge is -2.42. The molecule has 1 N–H and O–H groups in total. The Morgan fingerprint density at radius 3 is 2.69 bits per heavy atom. The average Bonchev–Trinajstić information content (AvgIpc) is 3.42. The Bertz CT molecular complexity index is 1550. The van der Waals surface area contributed by atoms with E-state index in [2.05, 4.69) is 30.6 Å².